The maximum atomic E-state index is 12.5. The number of hydrogen-bond donors (Lipinski definition) is 0. The van der Waals surface area contributed by atoms with Gasteiger partial charge >= 0.3 is 0 Å². The summed E-state index contributed by atoms with van der Waals surface area (Å²) in [6, 6.07) is 7.01. The van der Waals surface area contributed by atoms with E-state index in [9.17, 15) is 8.42 Å². The first-order valence-electron chi connectivity index (χ1n) is 6.72. The first-order valence-corrected chi connectivity index (χ1v) is 8.16. The smallest absolute Gasteiger partial charge is 0.243 e. The van der Waals surface area contributed by atoms with Gasteiger partial charge in [0.05, 0.1) is 11.0 Å². The van der Waals surface area contributed by atoms with Crippen molar-refractivity contribution in [1.82, 2.24) is 4.31 Å². The lowest BCUT2D eigenvalue weighted by molar-refractivity contribution is 0.0265. The van der Waals surface area contributed by atoms with Gasteiger partial charge < -0.3 is 4.74 Å². The van der Waals surface area contributed by atoms with Crippen LogP contribution in [-0.2, 0) is 14.8 Å². The average Bonchev–Trinajstić information content (AvgIpc) is 2.40. The van der Waals surface area contributed by atoms with E-state index < -0.39 is 10.0 Å². The predicted molar refractivity (Wildman–Crippen MR) is 74.6 cm³/mol. The molecule has 1 atom stereocenters. The third kappa shape index (κ3) is 3.35. The maximum Gasteiger partial charge on any atom is 0.243 e. The molecule has 5 heteroatoms. The fourth-order valence-electron chi connectivity index (χ4n) is 2.35. The van der Waals surface area contributed by atoms with Gasteiger partial charge in [-0.3, -0.25) is 0 Å². The largest absolute Gasteiger partial charge is 0.377 e. The molecule has 1 heterocycles. The van der Waals surface area contributed by atoms with Crippen molar-refractivity contribution in [3.63, 3.8) is 0 Å². The van der Waals surface area contributed by atoms with Crippen LogP contribution in [0.3, 0.4) is 0 Å². The number of aryl methyl sites for hydroxylation is 1. The van der Waals surface area contributed by atoms with Gasteiger partial charge in [-0.2, -0.15) is 4.31 Å². The van der Waals surface area contributed by atoms with Gasteiger partial charge in [0, 0.05) is 19.7 Å². The molecule has 1 aliphatic heterocycles. The highest BCUT2D eigenvalue weighted by atomic mass is 32.2. The minimum atomic E-state index is -3.38. The number of ether oxygens (including phenoxy) is 1. The van der Waals surface area contributed by atoms with Crippen LogP contribution < -0.4 is 0 Å². The number of piperidine rings is 1. The molecule has 1 aliphatic rings. The van der Waals surface area contributed by atoms with E-state index in [0.29, 0.717) is 24.6 Å². The second kappa shape index (κ2) is 6.03. The van der Waals surface area contributed by atoms with Gasteiger partial charge in [0.15, 0.2) is 0 Å². The minimum Gasteiger partial charge on any atom is -0.377 e. The van der Waals surface area contributed by atoms with E-state index in [2.05, 4.69) is 0 Å². The molecular weight excluding hydrogens is 262 g/mol. The van der Waals surface area contributed by atoms with Crippen LogP contribution in [0.2, 0.25) is 0 Å². The van der Waals surface area contributed by atoms with Crippen LogP contribution in [-0.4, -0.2) is 38.5 Å². The van der Waals surface area contributed by atoms with Crippen LogP contribution in [0, 0.1) is 6.92 Å². The summed E-state index contributed by atoms with van der Waals surface area (Å²) in [5.41, 5.74) is 1.06. The van der Waals surface area contributed by atoms with Crippen molar-refractivity contribution in [2.75, 3.05) is 19.7 Å². The molecule has 19 heavy (non-hydrogen) atoms. The lowest BCUT2D eigenvalue weighted by atomic mass is 10.1. The van der Waals surface area contributed by atoms with Crippen LogP contribution in [0.1, 0.15) is 25.3 Å². The number of nitrogens with zero attached hydrogens (tertiary/aromatic N) is 1. The standard InChI is InChI=1S/C14H21NO3S/c1-3-18-13-5-4-10-15(11-13)19(16,17)14-8-6-12(2)7-9-14/h6-9,13H,3-5,10-11H2,1-2H3. The SMILES string of the molecule is CCOC1CCCN(S(=O)(=O)c2ccc(C)cc2)C1. The van der Waals surface area contributed by atoms with Gasteiger partial charge in [0.1, 0.15) is 0 Å². The average molecular weight is 283 g/mol. The van der Waals surface area contributed by atoms with E-state index in [-0.39, 0.29) is 6.10 Å². The van der Waals surface area contributed by atoms with Crippen molar-refractivity contribution >= 4 is 10.0 Å². The van der Waals surface area contributed by atoms with Crippen molar-refractivity contribution in [2.24, 2.45) is 0 Å². The quantitative estimate of drug-likeness (QED) is 0.851. The van der Waals surface area contributed by atoms with Crippen molar-refractivity contribution in [3.05, 3.63) is 29.8 Å². The highest BCUT2D eigenvalue weighted by Gasteiger charge is 2.30. The minimum absolute atomic E-state index is 0.0268. The maximum absolute atomic E-state index is 12.5. The molecule has 4 nitrogen and oxygen atoms in total. The van der Waals surface area contributed by atoms with Gasteiger partial charge in [-0.1, -0.05) is 17.7 Å². The molecule has 1 saturated heterocycles. The molecule has 0 bridgehead atoms. The fraction of sp³-hybridized carbons (Fsp3) is 0.571. The first-order chi connectivity index (χ1) is 9.04. The zero-order chi connectivity index (χ0) is 13.9. The first kappa shape index (κ1) is 14.5. The van der Waals surface area contributed by atoms with Crippen LogP contribution in [0.4, 0.5) is 0 Å². The summed E-state index contributed by atoms with van der Waals surface area (Å²) in [6.07, 6.45) is 1.82. The highest BCUT2D eigenvalue weighted by Crippen LogP contribution is 2.22. The molecule has 0 spiro atoms. The topological polar surface area (TPSA) is 46.6 Å². The molecule has 1 aromatic carbocycles. The Morgan fingerprint density at radius 3 is 2.63 bits per heavy atom. The molecular formula is C14H21NO3S. The molecule has 0 aliphatic carbocycles. The Morgan fingerprint density at radius 1 is 1.32 bits per heavy atom. The predicted octanol–water partition coefficient (Wildman–Crippen LogP) is 2.18. The van der Waals surface area contributed by atoms with Crippen molar-refractivity contribution < 1.29 is 13.2 Å². The van der Waals surface area contributed by atoms with Crippen LogP contribution >= 0.6 is 0 Å². The summed E-state index contributed by atoms with van der Waals surface area (Å²) in [7, 11) is -3.38. The summed E-state index contributed by atoms with van der Waals surface area (Å²) < 4.78 is 32.1. The van der Waals surface area contributed by atoms with Gasteiger partial charge in [-0.05, 0) is 38.8 Å². The van der Waals surface area contributed by atoms with Crippen molar-refractivity contribution in [2.45, 2.75) is 37.7 Å². The van der Waals surface area contributed by atoms with Crippen molar-refractivity contribution in [1.29, 1.82) is 0 Å². The normalized spacial score (nSPS) is 21.5. The van der Waals surface area contributed by atoms with E-state index in [1.54, 1.807) is 16.4 Å². The van der Waals surface area contributed by atoms with Gasteiger partial charge in [-0.25, -0.2) is 8.42 Å². The van der Waals surface area contributed by atoms with Crippen LogP contribution in [0.25, 0.3) is 0 Å². The number of sulfonamides is 1. The van der Waals surface area contributed by atoms with Gasteiger partial charge in [-0.15, -0.1) is 0 Å². The molecule has 1 fully saturated rings. The molecule has 1 aromatic rings. The Balaban J connectivity index is 2.17. The Labute approximate surface area is 115 Å². The van der Waals surface area contributed by atoms with Crippen molar-refractivity contribution in [3.8, 4) is 0 Å². The van der Waals surface area contributed by atoms with E-state index in [0.717, 1.165) is 18.4 Å². The summed E-state index contributed by atoms with van der Waals surface area (Å²) in [5, 5.41) is 0. The number of hydrogen-bond acceptors (Lipinski definition) is 3. The fourth-order valence-corrected chi connectivity index (χ4v) is 3.86. The van der Waals surface area contributed by atoms with E-state index >= 15 is 0 Å². The Hall–Kier alpha value is -0.910. The van der Waals surface area contributed by atoms with E-state index in [1.807, 2.05) is 26.0 Å². The molecule has 0 radical (unpaired) electrons. The molecule has 0 saturated carbocycles. The number of benzene rings is 1. The third-order valence-electron chi connectivity index (χ3n) is 3.40. The highest BCUT2D eigenvalue weighted by molar-refractivity contribution is 7.89. The summed E-state index contributed by atoms with van der Waals surface area (Å²) in [4.78, 5) is 0.371. The van der Waals surface area contributed by atoms with Gasteiger partial charge in [0.25, 0.3) is 0 Å². The second-order valence-electron chi connectivity index (χ2n) is 4.90. The summed E-state index contributed by atoms with van der Waals surface area (Å²) >= 11 is 0. The number of rotatable bonds is 4. The lowest BCUT2D eigenvalue weighted by Gasteiger charge is -2.31. The molecule has 2 rings (SSSR count). The van der Waals surface area contributed by atoms with E-state index in [4.69, 9.17) is 4.74 Å². The van der Waals surface area contributed by atoms with Crippen LogP contribution in [0.5, 0.6) is 0 Å². The lowest BCUT2D eigenvalue weighted by Crippen LogP contribution is -2.43. The zero-order valence-electron chi connectivity index (χ0n) is 11.5. The molecule has 0 aromatic heterocycles. The molecule has 1 unspecified atom stereocenters. The molecule has 0 amide bonds. The third-order valence-corrected chi connectivity index (χ3v) is 5.28. The molecule has 106 valence electrons. The van der Waals surface area contributed by atoms with Gasteiger partial charge in [0.2, 0.25) is 10.0 Å². The zero-order valence-corrected chi connectivity index (χ0v) is 12.3. The molecule has 0 N–H and O–H groups in total. The monoisotopic (exact) mass is 283 g/mol. The Kier molecular flexibility index (Phi) is 4.60. The summed E-state index contributed by atoms with van der Waals surface area (Å²) in [6.45, 7) is 5.56. The Bertz CT molecular complexity index is 508. The second-order valence-corrected chi connectivity index (χ2v) is 6.83. The van der Waals surface area contributed by atoms with Crippen LogP contribution in [0.15, 0.2) is 29.2 Å². The Morgan fingerprint density at radius 2 is 2.00 bits per heavy atom. The summed E-state index contributed by atoms with van der Waals surface area (Å²) in [5.74, 6) is 0. The van der Waals surface area contributed by atoms with E-state index in [1.165, 1.54) is 0 Å².